The summed E-state index contributed by atoms with van der Waals surface area (Å²) >= 11 is 0. The van der Waals surface area contributed by atoms with Crippen LogP contribution in [-0.2, 0) is 28.8 Å². The van der Waals surface area contributed by atoms with Crippen molar-refractivity contribution in [2.24, 2.45) is 5.73 Å². The number of imidazole rings is 1. The minimum absolute atomic E-state index is 0.0763. The second-order valence-corrected chi connectivity index (χ2v) is 7.27. The van der Waals surface area contributed by atoms with Crippen LogP contribution >= 0.6 is 0 Å². The molecule has 3 rings (SSSR count). The van der Waals surface area contributed by atoms with E-state index in [1.54, 1.807) is 11.5 Å². The number of alkyl halides is 3. The van der Waals surface area contributed by atoms with Crippen LogP contribution in [0.1, 0.15) is 25.2 Å². The molecule has 0 fully saturated rings. The number of hydrogen-bond donors (Lipinski definition) is 2. The summed E-state index contributed by atoms with van der Waals surface area (Å²) in [6.45, 7) is 4.71. The first kappa shape index (κ1) is 23.7. The summed E-state index contributed by atoms with van der Waals surface area (Å²) in [4.78, 5) is 15.7. The summed E-state index contributed by atoms with van der Waals surface area (Å²) in [5.74, 6) is -0.654. The molecule has 10 heteroatoms. The number of ether oxygens (including phenoxy) is 1. The topological polar surface area (TPSA) is 82.2 Å². The molecule has 3 N–H and O–H groups in total. The molecule has 0 aliphatic rings. The Balaban J connectivity index is 2.15. The van der Waals surface area contributed by atoms with E-state index < -0.39 is 29.5 Å². The summed E-state index contributed by atoms with van der Waals surface area (Å²) in [5.41, 5.74) is 5.20. The van der Waals surface area contributed by atoms with Gasteiger partial charge in [0.05, 0.1) is 35.8 Å². The first-order valence-electron chi connectivity index (χ1n) is 10.1. The predicted molar refractivity (Wildman–Crippen MR) is 112 cm³/mol. The highest BCUT2D eigenvalue weighted by Crippen LogP contribution is 2.39. The number of hydrogen-bond acceptors (Lipinski definition) is 4. The number of nitrogens with one attached hydrogen (secondary N) is 1. The number of nitrogens with zero attached hydrogens (tertiary/aromatic N) is 2. The van der Waals surface area contributed by atoms with Crippen molar-refractivity contribution in [3.63, 3.8) is 0 Å². The van der Waals surface area contributed by atoms with Gasteiger partial charge in [0.1, 0.15) is 11.6 Å². The number of carbonyl (C=O) groups excluding carboxylic acids is 1. The zero-order valence-corrected chi connectivity index (χ0v) is 17.7. The van der Waals surface area contributed by atoms with Gasteiger partial charge in [0, 0.05) is 13.2 Å². The molecule has 1 heterocycles. The van der Waals surface area contributed by atoms with Crippen LogP contribution in [0.25, 0.3) is 22.2 Å². The van der Waals surface area contributed by atoms with Crippen LogP contribution in [0.15, 0.2) is 36.4 Å². The maximum absolute atomic E-state index is 13.8. The lowest BCUT2D eigenvalue weighted by molar-refractivity contribution is -0.137. The zero-order valence-electron chi connectivity index (χ0n) is 17.7. The van der Waals surface area contributed by atoms with Crippen molar-refractivity contribution in [2.45, 2.75) is 39.2 Å². The minimum Gasteiger partial charge on any atom is -0.380 e. The van der Waals surface area contributed by atoms with E-state index in [2.05, 4.69) is 10.3 Å². The van der Waals surface area contributed by atoms with E-state index in [0.717, 1.165) is 18.2 Å². The van der Waals surface area contributed by atoms with E-state index in [0.29, 0.717) is 31.1 Å². The molecule has 0 saturated carbocycles. The fourth-order valence-corrected chi connectivity index (χ4v) is 3.35. The molecule has 0 saturated heterocycles. The molecule has 1 atom stereocenters. The average Bonchev–Trinajstić information content (AvgIpc) is 3.08. The maximum Gasteiger partial charge on any atom is 0.417 e. The Morgan fingerprint density at radius 2 is 1.94 bits per heavy atom. The van der Waals surface area contributed by atoms with Crippen molar-refractivity contribution in [3.8, 4) is 11.1 Å². The molecule has 6 nitrogen and oxygen atoms in total. The lowest BCUT2D eigenvalue weighted by atomic mass is 9.98. The summed E-state index contributed by atoms with van der Waals surface area (Å²) in [6, 6.07) is 6.61. The highest BCUT2D eigenvalue weighted by Gasteiger charge is 2.35. The maximum atomic E-state index is 13.8. The monoisotopic (exact) mass is 452 g/mol. The first-order chi connectivity index (χ1) is 15.1. The van der Waals surface area contributed by atoms with Crippen LogP contribution in [0.2, 0.25) is 0 Å². The molecule has 172 valence electrons. The largest absolute Gasteiger partial charge is 0.417 e. The Bertz CT molecular complexity index is 1090. The number of aromatic nitrogens is 2. The molecule has 0 aliphatic heterocycles. The van der Waals surface area contributed by atoms with Crippen LogP contribution in [0.5, 0.6) is 0 Å². The number of halogens is 4. The third kappa shape index (κ3) is 5.25. The highest BCUT2D eigenvalue weighted by molar-refractivity contribution is 5.85. The van der Waals surface area contributed by atoms with Gasteiger partial charge in [-0.05, 0) is 49.2 Å². The van der Waals surface area contributed by atoms with E-state index in [4.69, 9.17) is 10.5 Å². The minimum atomic E-state index is -4.63. The van der Waals surface area contributed by atoms with Crippen LogP contribution in [0.4, 0.5) is 17.6 Å². The van der Waals surface area contributed by atoms with Crippen LogP contribution in [-0.4, -0.2) is 34.7 Å². The summed E-state index contributed by atoms with van der Waals surface area (Å²) < 4.78 is 62.1. The van der Waals surface area contributed by atoms with Crippen molar-refractivity contribution in [2.75, 3.05) is 13.2 Å². The molecule has 2 aromatic carbocycles. The fourth-order valence-electron chi connectivity index (χ4n) is 3.35. The van der Waals surface area contributed by atoms with Gasteiger partial charge >= 0.3 is 6.18 Å². The fraction of sp³-hybridized carbons (Fsp3) is 0.364. The number of rotatable bonds is 9. The van der Waals surface area contributed by atoms with Gasteiger partial charge in [-0.2, -0.15) is 13.2 Å². The van der Waals surface area contributed by atoms with E-state index in [1.807, 2.05) is 6.92 Å². The first-order valence-corrected chi connectivity index (χ1v) is 10.1. The second kappa shape index (κ2) is 9.66. The van der Waals surface area contributed by atoms with Crippen LogP contribution in [0, 0.1) is 5.82 Å². The SMILES string of the molecule is CCOCCn1c(CN[C@@H](C)C(N)=O)nc2cc(C(F)(F)F)c(-c3ccc(F)cc3)cc21. The Hall–Kier alpha value is -2.98. The average molecular weight is 452 g/mol. The molecule has 0 unspecified atom stereocenters. The molecule has 1 aromatic heterocycles. The third-order valence-corrected chi connectivity index (χ3v) is 5.08. The van der Waals surface area contributed by atoms with E-state index in [-0.39, 0.29) is 23.2 Å². The van der Waals surface area contributed by atoms with Gasteiger partial charge in [0.25, 0.3) is 0 Å². The van der Waals surface area contributed by atoms with Gasteiger partial charge in [-0.3, -0.25) is 10.1 Å². The predicted octanol–water partition coefficient (Wildman–Crippen LogP) is 3.86. The second-order valence-electron chi connectivity index (χ2n) is 7.27. The summed E-state index contributed by atoms with van der Waals surface area (Å²) in [7, 11) is 0. The smallest absolute Gasteiger partial charge is 0.380 e. The highest BCUT2D eigenvalue weighted by atomic mass is 19.4. The van der Waals surface area contributed by atoms with E-state index in [9.17, 15) is 22.4 Å². The van der Waals surface area contributed by atoms with Crippen molar-refractivity contribution in [3.05, 3.63) is 53.6 Å². The van der Waals surface area contributed by atoms with Crippen molar-refractivity contribution in [1.29, 1.82) is 0 Å². The number of amides is 1. The van der Waals surface area contributed by atoms with E-state index in [1.165, 1.54) is 18.2 Å². The Labute approximate surface area is 182 Å². The quantitative estimate of drug-likeness (QED) is 0.382. The molecule has 0 bridgehead atoms. The molecular weight excluding hydrogens is 428 g/mol. The molecule has 32 heavy (non-hydrogen) atoms. The molecule has 0 spiro atoms. The van der Waals surface area contributed by atoms with E-state index >= 15 is 0 Å². The summed E-state index contributed by atoms with van der Waals surface area (Å²) in [5, 5.41) is 2.92. The van der Waals surface area contributed by atoms with Crippen molar-refractivity contribution in [1.82, 2.24) is 14.9 Å². The van der Waals surface area contributed by atoms with Gasteiger partial charge in [-0.15, -0.1) is 0 Å². The van der Waals surface area contributed by atoms with Crippen molar-refractivity contribution < 1.29 is 27.1 Å². The molecule has 1 amide bonds. The van der Waals surface area contributed by atoms with Gasteiger partial charge < -0.3 is 15.0 Å². The zero-order chi connectivity index (χ0) is 23.5. The standard InChI is InChI=1S/C22H24F4N4O2/c1-3-32-9-8-30-19-10-16(14-4-6-15(23)7-5-14)17(22(24,25)26)11-18(19)29-20(30)12-28-13(2)21(27)31/h4-7,10-11,13,28H,3,8-9,12H2,1-2H3,(H2,27,31)/t13-/m0/s1. The van der Waals surface area contributed by atoms with Gasteiger partial charge in [-0.1, -0.05) is 12.1 Å². The lowest BCUT2D eigenvalue weighted by Gasteiger charge is -2.15. The Morgan fingerprint density at radius 3 is 2.53 bits per heavy atom. The molecule has 3 aromatic rings. The number of benzene rings is 2. The molecule has 0 aliphatic carbocycles. The lowest BCUT2D eigenvalue weighted by Crippen LogP contribution is -2.38. The molecule has 0 radical (unpaired) electrons. The summed E-state index contributed by atoms with van der Waals surface area (Å²) in [6.07, 6.45) is -4.63. The number of carbonyl (C=O) groups is 1. The van der Waals surface area contributed by atoms with Gasteiger partial charge in [0.2, 0.25) is 5.91 Å². The Morgan fingerprint density at radius 1 is 1.25 bits per heavy atom. The van der Waals surface area contributed by atoms with Crippen LogP contribution < -0.4 is 11.1 Å². The normalized spacial score (nSPS) is 12.9. The molecular formula is C22H24F4N4O2. The third-order valence-electron chi connectivity index (χ3n) is 5.08. The van der Waals surface area contributed by atoms with Gasteiger partial charge in [0.15, 0.2) is 0 Å². The van der Waals surface area contributed by atoms with Gasteiger partial charge in [-0.25, -0.2) is 9.37 Å². The number of fused-ring (bicyclic) bond motifs is 1. The Kier molecular flexibility index (Phi) is 7.15. The number of nitrogens with two attached hydrogens (primary N) is 1. The van der Waals surface area contributed by atoms with Crippen molar-refractivity contribution >= 4 is 16.9 Å². The van der Waals surface area contributed by atoms with Crippen LogP contribution in [0.3, 0.4) is 0 Å². The number of primary amides is 1.